The van der Waals surface area contributed by atoms with E-state index in [0.29, 0.717) is 17.7 Å². The molecule has 0 atom stereocenters. The highest BCUT2D eigenvalue weighted by molar-refractivity contribution is 5.89. The Labute approximate surface area is 243 Å². The summed E-state index contributed by atoms with van der Waals surface area (Å²) in [6.07, 6.45) is 0. The maximum Gasteiger partial charge on any atom is 0.358 e. The molecule has 0 saturated heterocycles. The lowest BCUT2D eigenvalue weighted by atomic mass is 10.2. The van der Waals surface area contributed by atoms with Crippen LogP contribution in [0.5, 0.6) is 0 Å². The van der Waals surface area contributed by atoms with Crippen molar-refractivity contribution in [2.45, 2.75) is 6.92 Å². The van der Waals surface area contributed by atoms with Crippen LogP contribution in [0.1, 0.15) is 27.6 Å². The van der Waals surface area contributed by atoms with E-state index < -0.39 is 27.2 Å². The molecule has 180 valence electrons. The van der Waals surface area contributed by atoms with Crippen LogP contribution in [0.4, 0.5) is 0 Å². The summed E-state index contributed by atoms with van der Waals surface area (Å²) < 4.78 is 9.60. The number of aromatic carboxylic acids is 1. The van der Waals surface area contributed by atoms with Gasteiger partial charge in [-0.2, -0.15) is 0 Å². The highest BCUT2D eigenvalue weighted by Crippen LogP contribution is 2.01. The van der Waals surface area contributed by atoms with Gasteiger partial charge in [-0.15, -0.1) is 0 Å². The van der Waals surface area contributed by atoms with Gasteiger partial charge in [0, 0.05) is 0 Å². The number of carbonyl (C=O) groups is 2. The van der Waals surface area contributed by atoms with E-state index in [0.717, 1.165) is 7.14 Å². The number of carbonyl (C=O) groups excluding carboxylic acids is 2. The molecule has 0 aliphatic carbocycles. The third kappa shape index (κ3) is 9.53. The number of ether oxygens (including phenoxy) is 1. The van der Waals surface area contributed by atoms with Crippen LogP contribution in [0, 0.1) is 14.3 Å². The topological polar surface area (TPSA) is 66.4 Å². The van der Waals surface area contributed by atoms with Crippen LogP contribution in [0.2, 0.25) is 0 Å². The second kappa shape index (κ2) is 15.9. The minimum atomic E-state index is -1.09. The first-order valence-electron chi connectivity index (χ1n) is 10.5. The lowest BCUT2D eigenvalue weighted by molar-refractivity contribution is -0.598. The fraction of sp³-hybridized carbons (Fsp3) is 0.0714. The van der Waals surface area contributed by atoms with Gasteiger partial charge in [-0.1, -0.05) is 60.7 Å². The van der Waals surface area contributed by atoms with E-state index in [1.165, 1.54) is 7.14 Å². The summed E-state index contributed by atoms with van der Waals surface area (Å²) in [6.45, 7) is 2.24. The molecule has 0 aliphatic rings. The number of carboxylic acid groups (broad SMARTS) is 1. The molecule has 0 aromatic heterocycles. The fourth-order valence-corrected chi connectivity index (χ4v) is 7.86. The first kappa shape index (κ1) is 29.2. The predicted molar refractivity (Wildman–Crippen MR) is 121 cm³/mol. The zero-order chi connectivity index (χ0) is 24.2. The van der Waals surface area contributed by atoms with E-state index in [4.69, 9.17) is 4.74 Å². The first-order valence-corrected chi connectivity index (χ1v) is 14.9. The van der Waals surface area contributed by atoms with Crippen molar-refractivity contribution in [1.29, 1.82) is 0 Å². The summed E-state index contributed by atoms with van der Waals surface area (Å²) in [6, 6.07) is 35.0. The lowest BCUT2D eigenvalue weighted by Gasteiger charge is -2.00. The van der Waals surface area contributed by atoms with Gasteiger partial charge in [0.05, 0.1) is 18.1 Å². The van der Waals surface area contributed by atoms with Gasteiger partial charge in [-0.05, 0) is 55.5 Å². The second-order valence-electron chi connectivity index (χ2n) is 6.75. The molecule has 4 rings (SSSR count). The predicted octanol–water partition coefficient (Wildman–Crippen LogP) is -4.83. The molecule has 4 nitrogen and oxygen atoms in total. The van der Waals surface area contributed by atoms with E-state index in [9.17, 15) is 14.7 Å². The third-order valence-corrected chi connectivity index (χ3v) is 10.1. The van der Waals surface area contributed by atoms with Gasteiger partial charge >= 0.3 is 48.4 Å². The number of hydrogen-bond donors (Lipinski definition) is 0. The minimum absolute atomic E-state index is 0. The summed E-state index contributed by atoms with van der Waals surface area (Å²) in [4.78, 5) is 22.8. The number of hydrogen-bond acceptors (Lipinski definition) is 4. The Morgan fingerprint density at radius 2 is 1.06 bits per heavy atom. The van der Waals surface area contributed by atoms with Crippen molar-refractivity contribution in [2.75, 3.05) is 6.61 Å². The largest absolute Gasteiger partial charge is 1.00 e. The van der Waals surface area contributed by atoms with Crippen molar-refractivity contribution in [2.24, 2.45) is 0 Å². The van der Waals surface area contributed by atoms with Crippen molar-refractivity contribution < 1.29 is 85.8 Å². The molecule has 4 aromatic carbocycles. The van der Waals surface area contributed by atoms with Crippen LogP contribution < -0.4 is 71.5 Å². The second-order valence-corrected chi connectivity index (χ2v) is 12.6. The van der Waals surface area contributed by atoms with Crippen LogP contribution in [0.15, 0.2) is 109 Å². The van der Waals surface area contributed by atoms with Crippen LogP contribution in [-0.2, 0) is 4.74 Å². The van der Waals surface area contributed by atoms with Gasteiger partial charge < -0.3 is 38.6 Å². The summed E-state index contributed by atoms with van der Waals surface area (Å²) in [5.74, 6) is -1.31. The molecule has 4 aromatic rings. The number of esters is 1. The molecule has 7 heteroatoms. The molecule has 0 radical (unpaired) electrons. The van der Waals surface area contributed by atoms with Gasteiger partial charge in [0.15, 0.2) is 7.14 Å². The van der Waals surface area contributed by atoms with E-state index in [-0.39, 0.29) is 51.2 Å². The standard InChI is InChI=1S/C15H14IO2.C13H9IO2.HI/c1-2-18-15(17)13-10-6-7-11-14(13)16-12-8-4-3-5-9-12;15-13(16)11-8-4-5-9-12(11)14-10-6-2-1-3-7-10;/h3-11H,2H2,1H3;1-9H;1H/q+1;;/p-1. The fourth-order valence-electron chi connectivity index (χ4n) is 2.82. The maximum absolute atomic E-state index is 11.9. The van der Waals surface area contributed by atoms with Gasteiger partial charge in [0.25, 0.3) is 0 Å². The number of benzene rings is 4. The summed E-state index contributed by atoms with van der Waals surface area (Å²) in [5.41, 5.74) is 1.02. The average molecular weight is 804 g/mol. The highest BCUT2D eigenvalue weighted by Gasteiger charge is 2.24. The van der Waals surface area contributed by atoms with Crippen molar-refractivity contribution in [1.82, 2.24) is 0 Å². The molecule has 0 heterocycles. The maximum atomic E-state index is 11.9. The monoisotopic (exact) mass is 804 g/mol. The Kier molecular flexibility index (Phi) is 13.3. The zero-order valence-electron chi connectivity index (χ0n) is 18.9. The Hall–Kier alpha value is -1.99. The van der Waals surface area contributed by atoms with Crippen molar-refractivity contribution in [3.05, 3.63) is 135 Å². The van der Waals surface area contributed by atoms with Crippen molar-refractivity contribution >= 4 is 11.9 Å². The average Bonchev–Trinajstić information content (AvgIpc) is 2.86. The molecule has 0 bridgehead atoms. The minimum Gasteiger partial charge on any atom is -1.00 e. The van der Waals surface area contributed by atoms with Gasteiger partial charge in [-0.25, -0.2) is 4.79 Å². The van der Waals surface area contributed by atoms with Gasteiger partial charge in [0.2, 0.25) is 7.14 Å². The van der Waals surface area contributed by atoms with Crippen LogP contribution in [-0.4, -0.2) is 18.5 Å². The molecule has 0 spiro atoms. The van der Waals surface area contributed by atoms with E-state index in [1.54, 1.807) is 12.1 Å². The SMILES string of the molecule is CCOC(=O)c1ccccc1[I+]c1ccccc1.O=C([O-])c1ccccc1[I+]c1ccccc1.[I-]. The molecule has 0 amide bonds. The van der Waals surface area contributed by atoms with Crippen LogP contribution in [0.25, 0.3) is 0 Å². The molecule has 35 heavy (non-hydrogen) atoms. The normalized spacial score (nSPS) is 9.74. The Morgan fingerprint density at radius 1 is 0.657 bits per heavy atom. The van der Waals surface area contributed by atoms with E-state index in [2.05, 4.69) is 12.1 Å². The highest BCUT2D eigenvalue weighted by atomic mass is 127. The Bertz CT molecular complexity index is 1220. The van der Waals surface area contributed by atoms with Crippen LogP contribution >= 0.6 is 0 Å². The lowest BCUT2D eigenvalue weighted by Crippen LogP contribution is -3.61. The summed E-state index contributed by atoms with van der Waals surface area (Å²) in [7, 11) is 0. The molecular weight excluding hydrogens is 781 g/mol. The smallest absolute Gasteiger partial charge is 0.358 e. The number of halogens is 3. The molecule has 0 fully saturated rings. The molecule has 0 aliphatic heterocycles. The molecular formula is C28H23I3O4. The number of carboxylic acids is 1. The van der Waals surface area contributed by atoms with E-state index >= 15 is 0 Å². The number of rotatable bonds is 7. The van der Waals surface area contributed by atoms with Crippen molar-refractivity contribution in [3.8, 4) is 0 Å². The molecule has 0 N–H and O–H groups in total. The Balaban J connectivity index is 0.000000241. The Morgan fingerprint density at radius 3 is 1.51 bits per heavy atom. The molecule has 0 saturated carbocycles. The van der Waals surface area contributed by atoms with Crippen molar-refractivity contribution in [3.63, 3.8) is 0 Å². The quantitative estimate of drug-likeness (QED) is 0.139. The van der Waals surface area contributed by atoms with Crippen LogP contribution in [0.3, 0.4) is 0 Å². The van der Waals surface area contributed by atoms with Gasteiger partial charge in [0.1, 0.15) is 5.56 Å². The van der Waals surface area contributed by atoms with Gasteiger partial charge in [-0.3, -0.25) is 0 Å². The van der Waals surface area contributed by atoms with E-state index in [1.807, 2.05) is 91.9 Å². The zero-order valence-corrected chi connectivity index (χ0v) is 25.3. The summed E-state index contributed by atoms with van der Waals surface area (Å²) >= 11 is -0.786. The summed E-state index contributed by atoms with van der Waals surface area (Å²) in [5, 5.41) is 10.9. The molecule has 0 unspecified atom stereocenters. The first-order chi connectivity index (χ1) is 16.6. The third-order valence-electron chi connectivity index (χ3n) is 4.35.